The van der Waals surface area contributed by atoms with E-state index in [9.17, 15) is 14.7 Å². The predicted molar refractivity (Wildman–Crippen MR) is 114 cm³/mol. The quantitative estimate of drug-likeness (QED) is 0.769. The van der Waals surface area contributed by atoms with Crippen LogP contribution in [0, 0.1) is 5.92 Å². The minimum Gasteiger partial charge on any atom is -0.394 e. The van der Waals surface area contributed by atoms with Crippen LogP contribution in [0.5, 0.6) is 0 Å². The zero-order valence-electron chi connectivity index (χ0n) is 17.0. The van der Waals surface area contributed by atoms with E-state index in [4.69, 9.17) is 4.74 Å². The van der Waals surface area contributed by atoms with Crippen molar-refractivity contribution in [3.63, 3.8) is 0 Å². The van der Waals surface area contributed by atoms with Crippen LogP contribution in [-0.2, 0) is 20.9 Å². The monoisotopic (exact) mass is 408 g/mol. The van der Waals surface area contributed by atoms with E-state index in [-0.39, 0.29) is 30.9 Å². The summed E-state index contributed by atoms with van der Waals surface area (Å²) in [5.41, 5.74) is 2.64. The molecule has 2 aromatic carbocycles. The number of rotatable bonds is 6. The molecular formula is C24H28N2O4. The molecule has 0 bridgehead atoms. The molecule has 0 radical (unpaired) electrons. The van der Waals surface area contributed by atoms with E-state index in [1.54, 1.807) is 4.90 Å². The molecule has 2 atom stereocenters. The summed E-state index contributed by atoms with van der Waals surface area (Å²) in [5, 5.41) is 13.0. The Hall–Kier alpha value is -2.70. The molecule has 0 spiro atoms. The van der Waals surface area contributed by atoms with Crippen molar-refractivity contribution in [2.75, 3.05) is 18.5 Å². The number of ether oxygens (including phenoxy) is 1. The van der Waals surface area contributed by atoms with E-state index >= 15 is 0 Å². The van der Waals surface area contributed by atoms with Crippen molar-refractivity contribution < 1.29 is 19.4 Å². The highest BCUT2D eigenvalue weighted by molar-refractivity contribution is 5.92. The maximum atomic E-state index is 12.5. The predicted octanol–water partition coefficient (Wildman–Crippen LogP) is 3.28. The van der Waals surface area contributed by atoms with Crippen molar-refractivity contribution in [1.82, 2.24) is 4.90 Å². The highest BCUT2D eigenvalue weighted by atomic mass is 16.5. The molecule has 4 rings (SSSR count). The zero-order valence-corrected chi connectivity index (χ0v) is 17.0. The standard InChI is InChI=1S/C24H28N2O4/c27-15-21-23(30-16-22(28)26(21)14-17-6-2-1-3-7-17)18-10-12-20(13-11-18)25-24(29)19-8-4-5-9-19/h1-3,6-7,10-13,19,21,23,27H,4-5,8-9,14-16H2,(H,25,29). The SMILES string of the molecule is O=C(Nc1ccc(C2OCC(=O)N(Cc3ccccc3)C2CO)cc1)C1CCCC1. The van der Waals surface area contributed by atoms with Crippen LogP contribution >= 0.6 is 0 Å². The summed E-state index contributed by atoms with van der Waals surface area (Å²) in [6.07, 6.45) is 3.75. The van der Waals surface area contributed by atoms with Gasteiger partial charge in [0.1, 0.15) is 12.7 Å². The highest BCUT2D eigenvalue weighted by Gasteiger charge is 2.37. The number of carbonyl (C=O) groups is 2. The van der Waals surface area contributed by atoms with Crippen LogP contribution in [0.1, 0.15) is 42.9 Å². The van der Waals surface area contributed by atoms with E-state index in [2.05, 4.69) is 5.32 Å². The van der Waals surface area contributed by atoms with Crippen LogP contribution in [0.3, 0.4) is 0 Å². The number of amides is 2. The number of aliphatic hydroxyl groups excluding tert-OH is 1. The first kappa shape index (κ1) is 20.6. The molecule has 1 saturated heterocycles. The number of aliphatic hydroxyl groups is 1. The van der Waals surface area contributed by atoms with Gasteiger partial charge in [-0.15, -0.1) is 0 Å². The Kier molecular flexibility index (Phi) is 6.45. The number of morpholine rings is 1. The fraction of sp³-hybridized carbons (Fsp3) is 0.417. The number of benzene rings is 2. The third-order valence-electron chi connectivity index (χ3n) is 6.07. The molecule has 2 N–H and O–H groups in total. The molecule has 1 saturated carbocycles. The summed E-state index contributed by atoms with van der Waals surface area (Å²) >= 11 is 0. The average Bonchev–Trinajstić information content (AvgIpc) is 3.32. The van der Waals surface area contributed by atoms with Crippen LogP contribution in [0.2, 0.25) is 0 Å². The molecule has 1 aliphatic heterocycles. The van der Waals surface area contributed by atoms with Crippen molar-refractivity contribution in [2.24, 2.45) is 5.92 Å². The molecule has 6 heteroatoms. The van der Waals surface area contributed by atoms with E-state index in [0.717, 1.165) is 42.5 Å². The molecule has 2 amide bonds. The van der Waals surface area contributed by atoms with Crippen LogP contribution in [-0.4, -0.2) is 41.1 Å². The second-order valence-electron chi connectivity index (χ2n) is 8.08. The van der Waals surface area contributed by atoms with Crippen molar-refractivity contribution >= 4 is 17.5 Å². The van der Waals surface area contributed by atoms with Crippen LogP contribution in [0.25, 0.3) is 0 Å². The lowest BCUT2D eigenvalue weighted by Crippen LogP contribution is -2.52. The fourth-order valence-electron chi connectivity index (χ4n) is 4.39. The average molecular weight is 408 g/mol. The number of anilines is 1. The van der Waals surface area contributed by atoms with Gasteiger partial charge >= 0.3 is 0 Å². The summed E-state index contributed by atoms with van der Waals surface area (Å²) in [4.78, 5) is 26.5. The fourth-order valence-corrected chi connectivity index (χ4v) is 4.39. The number of hydrogen-bond donors (Lipinski definition) is 2. The summed E-state index contributed by atoms with van der Waals surface area (Å²) < 4.78 is 5.81. The molecule has 30 heavy (non-hydrogen) atoms. The van der Waals surface area contributed by atoms with Gasteiger partial charge in [-0.1, -0.05) is 55.3 Å². The van der Waals surface area contributed by atoms with E-state index in [0.29, 0.717) is 6.54 Å². The maximum Gasteiger partial charge on any atom is 0.249 e. The summed E-state index contributed by atoms with van der Waals surface area (Å²) in [5.74, 6) is 0.0688. The topological polar surface area (TPSA) is 78.9 Å². The van der Waals surface area contributed by atoms with Crippen LogP contribution < -0.4 is 5.32 Å². The van der Waals surface area contributed by atoms with Crippen molar-refractivity contribution in [3.05, 3.63) is 65.7 Å². The largest absolute Gasteiger partial charge is 0.394 e. The first-order chi connectivity index (χ1) is 14.7. The Morgan fingerprint density at radius 3 is 2.43 bits per heavy atom. The van der Waals surface area contributed by atoms with Crippen LogP contribution in [0.15, 0.2) is 54.6 Å². The summed E-state index contributed by atoms with van der Waals surface area (Å²) in [6, 6.07) is 16.8. The van der Waals surface area contributed by atoms with Crippen molar-refractivity contribution in [2.45, 2.75) is 44.4 Å². The van der Waals surface area contributed by atoms with Gasteiger partial charge in [-0.2, -0.15) is 0 Å². The second kappa shape index (κ2) is 9.41. The lowest BCUT2D eigenvalue weighted by Gasteiger charge is -2.40. The molecule has 0 aromatic heterocycles. The molecular weight excluding hydrogens is 380 g/mol. The molecule has 6 nitrogen and oxygen atoms in total. The zero-order chi connectivity index (χ0) is 20.9. The van der Waals surface area contributed by atoms with Gasteiger partial charge in [0.05, 0.1) is 12.6 Å². The molecule has 2 aromatic rings. The van der Waals surface area contributed by atoms with Gasteiger partial charge in [-0.3, -0.25) is 9.59 Å². The summed E-state index contributed by atoms with van der Waals surface area (Å²) in [7, 11) is 0. The summed E-state index contributed by atoms with van der Waals surface area (Å²) in [6.45, 7) is 0.220. The Morgan fingerprint density at radius 1 is 1.07 bits per heavy atom. The highest BCUT2D eigenvalue weighted by Crippen LogP contribution is 2.31. The molecule has 1 aliphatic carbocycles. The van der Waals surface area contributed by atoms with Crippen molar-refractivity contribution in [3.8, 4) is 0 Å². The van der Waals surface area contributed by atoms with E-state index < -0.39 is 12.1 Å². The Labute approximate surface area is 176 Å². The smallest absolute Gasteiger partial charge is 0.249 e. The molecule has 1 heterocycles. The van der Waals surface area contributed by atoms with Gasteiger partial charge in [-0.25, -0.2) is 0 Å². The Bertz CT molecular complexity index is 863. The van der Waals surface area contributed by atoms with E-state index in [1.165, 1.54) is 0 Å². The van der Waals surface area contributed by atoms with Crippen LogP contribution in [0.4, 0.5) is 5.69 Å². The first-order valence-electron chi connectivity index (χ1n) is 10.6. The Morgan fingerprint density at radius 2 is 1.77 bits per heavy atom. The lowest BCUT2D eigenvalue weighted by molar-refractivity contribution is -0.162. The minimum atomic E-state index is -0.467. The molecule has 2 fully saturated rings. The normalized spacial score (nSPS) is 22.3. The number of hydrogen-bond acceptors (Lipinski definition) is 4. The number of carbonyl (C=O) groups excluding carboxylic acids is 2. The van der Waals surface area contributed by atoms with E-state index in [1.807, 2.05) is 54.6 Å². The molecule has 2 unspecified atom stereocenters. The first-order valence-corrected chi connectivity index (χ1v) is 10.6. The van der Waals surface area contributed by atoms with Gasteiger partial charge in [0.25, 0.3) is 0 Å². The van der Waals surface area contributed by atoms with Crippen molar-refractivity contribution in [1.29, 1.82) is 0 Å². The lowest BCUT2D eigenvalue weighted by atomic mass is 9.98. The Balaban J connectivity index is 1.46. The van der Waals surface area contributed by atoms with Gasteiger partial charge in [0.15, 0.2) is 0 Å². The minimum absolute atomic E-state index is 0.0197. The third kappa shape index (κ3) is 4.55. The van der Waals surface area contributed by atoms with Gasteiger partial charge in [0, 0.05) is 18.2 Å². The maximum absolute atomic E-state index is 12.5. The van der Waals surface area contributed by atoms with Gasteiger partial charge in [0.2, 0.25) is 11.8 Å². The number of nitrogens with one attached hydrogen (secondary N) is 1. The molecule has 2 aliphatic rings. The van der Waals surface area contributed by atoms with Gasteiger partial charge < -0.3 is 20.1 Å². The second-order valence-corrected chi connectivity index (χ2v) is 8.08. The van der Waals surface area contributed by atoms with Gasteiger partial charge in [-0.05, 0) is 36.1 Å². The molecule has 158 valence electrons. The third-order valence-corrected chi connectivity index (χ3v) is 6.07. The number of nitrogens with zero attached hydrogens (tertiary/aromatic N) is 1.